The maximum atomic E-state index is 13.0. The largest absolute Gasteiger partial charge is 0.465 e. The molecule has 1 aliphatic rings. The Morgan fingerprint density at radius 2 is 1.76 bits per heavy atom. The molecule has 0 saturated heterocycles. The third kappa shape index (κ3) is 3.55. The minimum atomic E-state index is -1.51. The fraction of sp³-hybridized carbons (Fsp3) is 0.579. The first kappa shape index (κ1) is 19.4. The highest BCUT2D eigenvalue weighted by Crippen LogP contribution is 2.48. The number of esters is 2. The summed E-state index contributed by atoms with van der Waals surface area (Å²) in [6, 6.07) is 7.35. The second-order valence-electron chi connectivity index (χ2n) is 6.20. The molecule has 2 atom stereocenters. The summed E-state index contributed by atoms with van der Waals surface area (Å²) >= 11 is 0. The highest BCUT2D eigenvalue weighted by atomic mass is 16.6. The molecule has 1 aromatic carbocycles. The van der Waals surface area contributed by atoms with E-state index in [2.05, 4.69) is 0 Å². The Labute approximate surface area is 148 Å². The van der Waals surface area contributed by atoms with Crippen LogP contribution in [0.1, 0.15) is 37.3 Å². The number of fused-ring (bicyclic) bond motifs is 1. The Hall–Kier alpha value is -1.92. The smallest absolute Gasteiger partial charge is 0.324 e. The molecule has 6 nitrogen and oxygen atoms in total. The number of benzene rings is 1. The molecule has 0 saturated carbocycles. The van der Waals surface area contributed by atoms with Gasteiger partial charge in [-0.25, -0.2) is 0 Å². The van der Waals surface area contributed by atoms with Crippen LogP contribution in [-0.4, -0.2) is 44.9 Å². The Balaban J connectivity index is 2.59. The zero-order valence-electron chi connectivity index (χ0n) is 15.1. The summed E-state index contributed by atoms with van der Waals surface area (Å²) in [5.74, 6) is -1.69. The first-order valence-electron chi connectivity index (χ1n) is 8.69. The molecular formula is C19H27NO5. The number of hydrogen-bond donors (Lipinski definition) is 1. The summed E-state index contributed by atoms with van der Waals surface area (Å²) in [6.45, 7) is 4.01. The van der Waals surface area contributed by atoms with E-state index >= 15 is 0 Å². The Bertz CT molecular complexity index is 598. The number of carbonyl (C=O) groups excluding carboxylic acids is 2. The highest BCUT2D eigenvalue weighted by Gasteiger charge is 2.58. The van der Waals surface area contributed by atoms with Crippen LogP contribution in [-0.2, 0) is 30.2 Å². The molecule has 0 aliphatic heterocycles. The van der Waals surface area contributed by atoms with Gasteiger partial charge in [-0.3, -0.25) is 9.59 Å². The lowest BCUT2D eigenvalue weighted by atomic mass is 9.68. The normalized spacial score (nSPS) is 19.4. The van der Waals surface area contributed by atoms with Crippen molar-refractivity contribution in [2.24, 2.45) is 11.1 Å². The van der Waals surface area contributed by atoms with Gasteiger partial charge in [0.2, 0.25) is 0 Å². The second kappa shape index (κ2) is 8.45. The van der Waals surface area contributed by atoms with Crippen molar-refractivity contribution in [2.45, 2.75) is 38.6 Å². The summed E-state index contributed by atoms with van der Waals surface area (Å²) in [5.41, 5.74) is 6.85. The number of carbonyl (C=O) groups is 2. The second-order valence-corrected chi connectivity index (χ2v) is 6.20. The molecule has 0 radical (unpaired) electrons. The molecule has 0 spiro atoms. The highest BCUT2D eigenvalue weighted by molar-refractivity contribution is 6.01. The van der Waals surface area contributed by atoms with Crippen LogP contribution in [0.3, 0.4) is 0 Å². The summed E-state index contributed by atoms with van der Waals surface area (Å²) in [7, 11) is 1.53. The van der Waals surface area contributed by atoms with Crippen molar-refractivity contribution in [3.05, 3.63) is 35.4 Å². The number of hydrogen-bond acceptors (Lipinski definition) is 6. The van der Waals surface area contributed by atoms with Crippen molar-refractivity contribution in [3.63, 3.8) is 0 Å². The van der Waals surface area contributed by atoms with Gasteiger partial charge in [-0.2, -0.15) is 0 Å². The average Bonchev–Trinajstić information content (AvgIpc) is 2.93. The van der Waals surface area contributed by atoms with E-state index in [1.54, 1.807) is 13.8 Å². The van der Waals surface area contributed by atoms with E-state index < -0.39 is 23.3 Å². The molecule has 6 heteroatoms. The minimum Gasteiger partial charge on any atom is -0.465 e. The van der Waals surface area contributed by atoms with Gasteiger partial charge in [0.05, 0.1) is 13.2 Å². The van der Waals surface area contributed by atoms with Crippen molar-refractivity contribution < 1.29 is 23.8 Å². The fourth-order valence-corrected chi connectivity index (χ4v) is 3.74. The molecule has 0 amide bonds. The summed E-state index contributed by atoms with van der Waals surface area (Å²) < 4.78 is 15.8. The van der Waals surface area contributed by atoms with E-state index in [0.29, 0.717) is 6.42 Å². The third-order valence-electron chi connectivity index (χ3n) is 4.78. The molecule has 2 rings (SSSR count). The third-order valence-corrected chi connectivity index (χ3v) is 4.78. The first-order valence-corrected chi connectivity index (χ1v) is 8.69. The van der Waals surface area contributed by atoms with Crippen molar-refractivity contribution in [2.75, 3.05) is 26.9 Å². The summed E-state index contributed by atoms with van der Waals surface area (Å²) in [5, 5.41) is 0. The van der Waals surface area contributed by atoms with Crippen molar-refractivity contribution >= 4 is 11.9 Å². The quantitative estimate of drug-likeness (QED) is 0.569. The standard InChI is InChI=1S/C19H27NO5/c1-4-24-17(21)19(10-11-23-3,18(22)25-5-2)16-14-9-7-6-8-13(14)12-15(16)20/h6-9,15-16H,4-5,10-12,20H2,1-3H3. The van der Waals surface area contributed by atoms with Gasteiger partial charge in [0.25, 0.3) is 0 Å². The molecule has 1 aliphatic carbocycles. The van der Waals surface area contributed by atoms with Gasteiger partial charge >= 0.3 is 11.9 Å². The van der Waals surface area contributed by atoms with Gasteiger partial charge in [-0.15, -0.1) is 0 Å². The van der Waals surface area contributed by atoms with E-state index in [9.17, 15) is 9.59 Å². The Kier molecular flexibility index (Phi) is 6.56. The number of ether oxygens (including phenoxy) is 3. The molecule has 25 heavy (non-hydrogen) atoms. The van der Waals surface area contributed by atoms with E-state index in [4.69, 9.17) is 19.9 Å². The topological polar surface area (TPSA) is 87.8 Å². The average molecular weight is 349 g/mol. The van der Waals surface area contributed by atoms with Crippen LogP contribution in [0, 0.1) is 5.41 Å². The zero-order valence-corrected chi connectivity index (χ0v) is 15.1. The van der Waals surface area contributed by atoms with E-state index in [-0.39, 0.29) is 32.3 Å². The molecule has 2 unspecified atom stereocenters. The van der Waals surface area contributed by atoms with E-state index in [1.165, 1.54) is 7.11 Å². The predicted molar refractivity (Wildman–Crippen MR) is 93.1 cm³/mol. The molecule has 1 aromatic rings. The van der Waals surface area contributed by atoms with Gasteiger partial charge in [0.1, 0.15) is 0 Å². The van der Waals surface area contributed by atoms with E-state index in [1.807, 2.05) is 24.3 Å². The van der Waals surface area contributed by atoms with E-state index in [0.717, 1.165) is 11.1 Å². The van der Waals surface area contributed by atoms with Crippen LogP contribution in [0.5, 0.6) is 0 Å². The lowest BCUT2D eigenvalue weighted by Gasteiger charge is -2.36. The van der Waals surface area contributed by atoms with Gasteiger partial charge in [-0.1, -0.05) is 24.3 Å². The minimum absolute atomic E-state index is 0.161. The van der Waals surface area contributed by atoms with Crippen molar-refractivity contribution in [1.29, 1.82) is 0 Å². The monoisotopic (exact) mass is 349 g/mol. The van der Waals surface area contributed by atoms with Gasteiger partial charge in [0.15, 0.2) is 5.41 Å². The Morgan fingerprint density at radius 1 is 1.16 bits per heavy atom. The summed E-state index contributed by atoms with van der Waals surface area (Å²) in [6.07, 6.45) is 0.766. The van der Waals surface area contributed by atoms with Crippen LogP contribution in [0.2, 0.25) is 0 Å². The van der Waals surface area contributed by atoms with Crippen molar-refractivity contribution in [3.8, 4) is 0 Å². The number of nitrogens with two attached hydrogens (primary N) is 1. The van der Waals surface area contributed by atoms with Crippen LogP contribution in [0.4, 0.5) is 0 Å². The molecule has 0 heterocycles. The van der Waals surface area contributed by atoms with Crippen molar-refractivity contribution in [1.82, 2.24) is 0 Å². The molecular weight excluding hydrogens is 322 g/mol. The Morgan fingerprint density at radius 3 is 2.32 bits per heavy atom. The SMILES string of the molecule is CCOC(=O)C(CCOC)(C(=O)OCC)C1c2ccccc2CC1N. The lowest BCUT2D eigenvalue weighted by molar-refractivity contribution is -0.176. The van der Waals surface area contributed by atoms with Crippen LogP contribution >= 0.6 is 0 Å². The van der Waals surface area contributed by atoms with Crippen LogP contribution in [0.15, 0.2) is 24.3 Å². The maximum Gasteiger partial charge on any atom is 0.324 e. The van der Waals surface area contributed by atoms with Gasteiger partial charge in [-0.05, 0) is 37.8 Å². The van der Waals surface area contributed by atoms with Gasteiger partial charge < -0.3 is 19.9 Å². The molecule has 0 aromatic heterocycles. The van der Waals surface area contributed by atoms with Gasteiger partial charge in [0, 0.05) is 25.7 Å². The fourth-order valence-electron chi connectivity index (χ4n) is 3.74. The molecule has 138 valence electrons. The molecule has 2 N–H and O–H groups in total. The first-order chi connectivity index (χ1) is 12.0. The maximum absolute atomic E-state index is 13.0. The van der Waals surface area contributed by atoms with Crippen LogP contribution < -0.4 is 5.73 Å². The summed E-state index contributed by atoms with van der Waals surface area (Å²) in [4.78, 5) is 26.0. The predicted octanol–water partition coefficient (Wildman–Crippen LogP) is 1.80. The number of methoxy groups -OCH3 is 1. The molecule has 0 fully saturated rings. The lowest BCUT2D eigenvalue weighted by Crippen LogP contribution is -2.51. The molecule has 0 bridgehead atoms. The van der Waals surface area contributed by atoms with Crippen LogP contribution in [0.25, 0.3) is 0 Å². The zero-order chi connectivity index (χ0) is 18.4. The number of rotatable bonds is 8.